The molecule has 1 aliphatic rings. The maximum absolute atomic E-state index is 11.9. The van der Waals surface area contributed by atoms with Gasteiger partial charge in [-0.25, -0.2) is 0 Å². The predicted molar refractivity (Wildman–Crippen MR) is 78.1 cm³/mol. The second-order valence-corrected chi connectivity index (χ2v) is 6.01. The molecule has 1 N–H and O–H groups in total. The van der Waals surface area contributed by atoms with Gasteiger partial charge in [-0.15, -0.1) is 0 Å². The Kier molecular flexibility index (Phi) is 5.22. The van der Waals surface area contributed by atoms with Crippen molar-refractivity contribution in [2.45, 2.75) is 32.2 Å². The summed E-state index contributed by atoms with van der Waals surface area (Å²) in [6.07, 6.45) is 3.88. The lowest BCUT2D eigenvalue weighted by Gasteiger charge is -2.33. The van der Waals surface area contributed by atoms with Gasteiger partial charge in [0.25, 0.3) is 5.91 Å². The SMILES string of the molecule is COc1ccc(C(=O)NCCN2CCCCC2C)s1. The van der Waals surface area contributed by atoms with Gasteiger partial charge in [0.1, 0.15) is 0 Å². The maximum atomic E-state index is 11.9. The third-order valence-electron chi connectivity index (χ3n) is 3.63. The number of nitrogens with one attached hydrogen (secondary N) is 1. The molecule has 1 aliphatic heterocycles. The van der Waals surface area contributed by atoms with Crippen molar-refractivity contribution < 1.29 is 9.53 Å². The number of carbonyl (C=O) groups excluding carboxylic acids is 1. The molecule has 2 heterocycles. The average Bonchev–Trinajstić information content (AvgIpc) is 2.90. The molecule has 2 rings (SSSR count). The van der Waals surface area contributed by atoms with Crippen LogP contribution in [-0.4, -0.2) is 43.6 Å². The first-order chi connectivity index (χ1) is 9.20. The van der Waals surface area contributed by atoms with Crippen LogP contribution in [0.3, 0.4) is 0 Å². The van der Waals surface area contributed by atoms with Crippen molar-refractivity contribution in [3.63, 3.8) is 0 Å². The Labute approximate surface area is 118 Å². The smallest absolute Gasteiger partial charge is 0.261 e. The standard InChI is InChI=1S/C14H22N2O2S/c1-11-5-3-4-9-16(11)10-8-15-14(17)12-6-7-13(18-2)19-12/h6-7,11H,3-5,8-10H2,1-2H3,(H,15,17). The molecule has 106 valence electrons. The Balaban J connectivity index is 1.74. The fourth-order valence-corrected chi connectivity index (χ4v) is 3.18. The lowest BCUT2D eigenvalue weighted by Crippen LogP contribution is -2.42. The van der Waals surface area contributed by atoms with Crippen molar-refractivity contribution in [2.75, 3.05) is 26.7 Å². The van der Waals surface area contributed by atoms with Crippen LogP contribution in [0.1, 0.15) is 35.9 Å². The van der Waals surface area contributed by atoms with E-state index >= 15 is 0 Å². The van der Waals surface area contributed by atoms with Crippen molar-refractivity contribution >= 4 is 17.2 Å². The number of hydrogen-bond donors (Lipinski definition) is 1. The molecule has 1 saturated heterocycles. The van der Waals surface area contributed by atoms with Gasteiger partial charge in [-0.05, 0) is 38.4 Å². The van der Waals surface area contributed by atoms with Gasteiger partial charge in [-0.1, -0.05) is 17.8 Å². The van der Waals surface area contributed by atoms with E-state index in [0.29, 0.717) is 17.5 Å². The molecule has 4 nitrogen and oxygen atoms in total. The number of ether oxygens (including phenoxy) is 1. The summed E-state index contributed by atoms with van der Waals surface area (Å²) in [6.45, 7) is 5.08. The Bertz CT molecular complexity index is 419. The van der Waals surface area contributed by atoms with Gasteiger partial charge in [0.15, 0.2) is 5.06 Å². The topological polar surface area (TPSA) is 41.6 Å². The minimum atomic E-state index is -0.00189. The molecule has 0 aromatic carbocycles. The van der Waals surface area contributed by atoms with Crippen molar-refractivity contribution in [2.24, 2.45) is 0 Å². The van der Waals surface area contributed by atoms with E-state index in [0.717, 1.165) is 18.2 Å². The predicted octanol–water partition coefficient (Wildman–Crippen LogP) is 2.36. The number of methoxy groups -OCH3 is 1. The van der Waals surface area contributed by atoms with Gasteiger partial charge >= 0.3 is 0 Å². The first kappa shape index (κ1) is 14.3. The first-order valence-electron chi connectivity index (χ1n) is 6.87. The number of rotatable bonds is 5. The van der Waals surface area contributed by atoms with Gasteiger partial charge < -0.3 is 10.1 Å². The molecule has 1 unspecified atom stereocenters. The van der Waals surface area contributed by atoms with E-state index in [4.69, 9.17) is 4.74 Å². The molecular formula is C14H22N2O2S. The molecule has 1 aromatic rings. The normalized spacial score (nSPS) is 20.2. The minimum Gasteiger partial charge on any atom is -0.487 e. The largest absolute Gasteiger partial charge is 0.487 e. The molecular weight excluding hydrogens is 260 g/mol. The number of likely N-dealkylation sites (tertiary alicyclic amines) is 1. The van der Waals surface area contributed by atoms with Crippen molar-refractivity contribution in [3.05, 3.63) is 17.0 Å². The van der Waals surface area contributed by atoms with Gasteiger partial charge in [0.2, 0.25) is 0 Å². The van der Waals surface area contributed by atoms with E-state index in [1.165, 1.54) is 30.6 Å². The van der Waals surface area contributed by atoms with Crippen LogP contribution in [0, 0.1) is 0 Å². The van der Waals surface area contributed by atoms with Crippen molar-refractivity contribution in [1.29, 1.82) is 0 Å². The van der Waals surface area contributed by atoms with Crippen LogP contribution in [0.5, 0.6) is 5.06 Å². The maximum Gasteiger partial charge on any atom is 0.261 e. The lowest BCUT2D eigenvalue weighted by molar-refractivity contribution is 0.0942. The summed E-state index contributed by atoms with van der Waals surface area (Å²) in [6, 6.07) is 4.28. The number of thiophene rings is 1. The summed E-state index contributed by atoms with van der Waals surface area (Å²) in [5.74, 6) is -0.00189. The van der Waals surface area contributed by atoms with Crippen LogP contribution in [0.4, 0.5) is 0 Å². The number of amides is 1. The highest BCUT2D eigenvalue weighted by Gasteiger charge is 2.17. The fourth-order valence-electron chi connectivity index (χ4n) is 2.44. The second-order valence-electron chi connectivity index (χ2n) is 4.96. The van der Waals surface area contributed by atoms with Crippen molar-refractivity contribution in [3.8, 4) is 5.06 Å². The highest BCUT2D eigenvalue weighted by atomic mass is 32.1. The zero-order chi connectivity index (χ0) is 13.7. The van der Waals surface area contributed by atoms with E-state index in [2.05, 4.69) is 17.1 Å². The number of hydrogen-bond acceptors (Lipinski definition) is 4. The first-order valence-corrected chi connectivity index (χ1v) is 7.68. The molecule has 0 saturated carbocycles. The quantitative estimate of drug-likeness (QED) is 0.901. The molecule has 1 fully saturated rings. The van der Waals surface area contributed by atoms with Gasteiger partial charge in [-0.2, -0.15) is 0 Å². The molecule has 0 aliphatic carbocycles. The third-order valence-corrected chi connectivity index (χ3v) is 4.68. The Morgan fingerprint density at radius 3 is 3.05 bits per heavy atom. The zero-order valence-electron chi connectivity index (χ0n) is 11.6. The van der Waals surface area contributed by atoms with Crippen LogP contribution in [0.15, 0.2) is 12.1 Å². The molecule has 0 radical (unpaired) electrons. The van der Waals surface area contributed by atoms with Crippen LogP contribution in [0.25, 0.3) is 0 Å². The fraction of sp³-hybridized carbons (Fsp3) is 0.643. The summed E-state index contributed by atoms with van der Waals surface area (Å²) in [5.41, 5.74) is 0. The van der Waals surface area contributed by atoms with Crippen molar-refractivity contribution in [1.82, 2.24) is 10.2 Å². The van der Waals surface area contributed by atoms with Gasteiger partial charge in [0, 0.05) is 19.1 Å². The van der Waals surface area contributed by atoms with Gasteiger partial charge in [-0.3, -0.25) is 9.69 Å². The lowest BCUT2D eigenvalue weighted by atomic mass is 10.0. The molecule has 1 amide bonds. The van der Waals surface area contributed by atoms with E-state index in [1.54, 1.807) is 7.11 Å². The number of nitrogens with zero attached hydrogens (tertiary/aromatic N) is 1. The molecule has 19 heavy (non-hydrogen) atoms. The molecule has 5 heteroatoms. The summed E-state index contributed by atoms with van der Waals surface area (Å²) < 4.78 is 5.09. The Hall–Kier alpha value is -1.07. The summed E-state index contributed by atoms with van der Waals surface area (Å²) in [4.78, 5) is 15.1. The summed E-state index contributed by atoms with van der Waals surface area (Å²) >= 11 is 1.38. The van der Waals surface area contributed by atoms with E-state index in [9.17, 15) is 4.79 Å². The number of carbonyl (C=O) groups is 1. The molecule has 0 spiro atoms. The number of piperidine rings is 1. The van der Waals surface area contributed by atoms with Gasteiger partial charge in [0.05, 0.1) is 12.0 Å². The van der Waals surface area contributed by atoms with E-state index < -0.39 is 0 Å². The van der Waals surface area contributed by atoms with Crippen LogP contribution >= 0.6 is 11.3 Å². The Morgan fingerprint density at radius 1 is 1.53 bits per heavy atom. The van der Waals surface area contributed by atoms with E-state index in [1.807, 2.05) is 12.1 Å². The summed E-state index contributed by atoms with van der Waals surface area (Å²) in [7, 11) is 1.62. The molecule has 0 bridgehead atoms. The van der Waals surface area contributed by atoms with Crippen LogP contribution in [0.2, 0.25) is 0 Å². The zero-order valence-corrected chi connectivity index (χ0v) is 12.5. The minimum absolute atomic E-state index is 0.00189. The van der Waals surface area contributed by atoms with Crippen LogP contribution < -0.4 is 10.1 Å². The van der Waals surface area contributed by atoms with E-state index in [-0.39, 0.29) is 5.91 Å². The average molecular weight is 282 g/mol. The second kappa shape index (κ2) is 6.91. The van der Waals surface area contributed by atoms with Crippen LogP contribution in [-0.2, 0) is 0 Å². The monoisotopic (exact) mass is 282 g/mol. The molecule has 1 atom stereocenters. The highest BCUT2D eigenvalue weighted by molar-refractivity contribution is 7.15. The molecule has 1 aromatic heterocycles. The Morgan fingerprint density at radius 2 is 2.37 bits per heavy atom. The third kappa shape index (κ3) is 3.94. The highest BCUT2D eigenvalue weighted by Crippen LogP contribution is 2.23. The summed E-state index contributed by atoms with van der Waals surface area (Å²) in [5, 5.41) is 3.75.